The minimum atomic E-state index is -0.218. The second-order valence-electron chi connectivity index (χ2n) is 3.82. The summed E-state index contributed by atoms with van der Waals surface area (Å²) in [6.45, 7) is 0.427. The third-order valence-electron chi connectivity index (χ3n) is 2.36. The van der Waals surface area contributed by atoms with Gasteiger partial charge in [0.05, 0.1) is 22.3 Å². The van der Waals surface area contributed by atoms with Crippen LogP contribution in [0.2, 0.25) is 10.0 Å². The van der Waals surface area contributed by atoms with Gasteiger partial charge in [-0.25, -0.2) is 4.98 Å². The summed E-state index contributed by atoms with van der Waals surface area (Å²) in [6.07, 6.45) is 3.18. The number of hydrogen-bond donors (Lipinski definition) is 2. The lowest BCUT2D eigenvalue weighted by molar-refractivity contribution is -0.116. The fraction of sp³-hybridized carbons (Fsp3) is 0.182. The lowest BCUT2D eigenvalue weighted by Gasteiger charge is -2.10. The number of benzene rings is 1. The first-order valence-electron chi connectivity index (χ1n) is 5.43. The number of aryl methyl sites for hydroxylation is 1. The highest BCUT2D eigenvalue weighted by atomic mass is 35.5. The molecule has 1 amide bonds. The molecule has 0 fully saturated rings. The maximum absolute atomic E-state index is 11.8. The number of aromatic nitrogens is 3. The summed E-state index contributed by atoms with van der Waals surface area (Å²) >= 11 is 11.9. The van der Waals surface area contributed by atoms with Crippen LogP contribution in [0.15, 0.2) is 24.8 Å². The number of carbonyl (C=O) groups is 1. The highest BCUT2D eigenvalue weighted by Gasteiger charge is 2.11. The predicted octanol–water partition coefficient (Wildman–Crippen LogP) is 2.20. The smallest absolute Gasteiger partial charge is 0.226 e. The van der Waals surface area contributed by atoms with E-state index in [4.69, 9.17) is 28.9 Å². The second kappa shape index (κ2) is 5.90. The average Bonchev–Trinajstić information content (AvgIpc) is 2.84. The Morgan fingerprint density at radius 2 is 2.05 bits per heavy atom. The van der Waals surface area contributed by atoms with Crippen molar-refractivity contribution in [1.29, 1.82) is 0 Å². The molecule has 100 valence electrons. The Bertz CT molecular complexity index is 562. The molecule has 3 N–H and O–H groups in total. The number of carbonyl (C=O) groups excluding carboxylic acids is 1. The molecule has 0 saturated heterocycles. The summed E-state index contributed by atoms with van der Waals surface area (Å²) in [6, 6.07) is 3.06. The topological polar surface area (TPSA) is 85.8 Å². The number of amides is 1. The largest absolute Gasteiger partial charge is 0.399 e. The molecule has 1 aromatic carbocycles. The molecule has 1 aromatic heterocycles. The van der Waals surface area contributed by atoms with E-state index in [1.807, 2.05) is 0 Å². The highest BCUT2D eigenvalue weighted by molar-refractivity contribution is 6.40. The van der Waals surface area contributed by atoms with Crippen molar-refractivity contribution in [1.82, 2.24) is 14.8 Å². The average molecular weight is 300 g/mol. The van der Waals surface area contributed by atoms with Gasteiger partial charge in [-0.2, -0.15) is 5.10 Å². The van der Waals surface area contributed by atoms with E-state index >= 15 is 0 Å². The first-order valence-corrected chi connectivity index (χ1v) is 6.18. The summed E-state index contributed by atoms with van der Waals surface area (Å²) in [5.74, 6) is -0.218. The van der Waals surface area contributed by atoms with E-state index in [2.05, 4.69) is 15.4 Å². The molecule has 1 heterocycles. The Balaban J connectivity index is 1.99. The van der Waals surface area contributed by atoms with E-state index in [1.165, 1.54) is 24.8 Å². The molecule has 19 heavy (non-hydrogen) atoms. The van der Waals surface area contributed by atoms with Crippen LogP contribution in [0.3, 0.4) is 0 Å². The Morgan fingerprint density at radius 1 is 1.37 bits per heavy atom. The number of anilines is 2. The minimum Gasteiger partial charge on any atom is -0.399 e. The van der Waals surface area contributed by atoms with Crippen molar-refractivity contribution in [2.24, 2.45) is 0 Å². The Kier molecular flexibility index (Phi) is 4.24. The van der Waals surface area contributed by atoms with Crippen LogP contribution in [0, 0.1) is 0 Å². The van der Waals surface area contributed by atoms with Gasteiger partial charge >= 0.3 is 0 Å². The van der Waals surface area contributed by atoms with Crippen LogP contribution in [0.4, 0.5) is 11.4 Å². The number of nitrogens with two attached hydrogens (primary N) is 1. The third kappa shape index (κ3) is 3.59. The minimum absolute atomic E-state index is 0.218. The van der Waals surface area contributed by atoms with Crippen LogP contribution in [0.25, 0.3) is 0 Å². The number of hydrogen-bond acceptors (Lipinski definition) is 4. The molecule has 0 saturated carbocycles. The Morgan fingerprint density at radius 3 is 2.63 bits per heavy atom. The summed E-state index contributed by atoms with van der Waals surface area (Å²) in [5.41, 5.74) is 6.38. The molecule has 0 aliphatic heterocycles. The van der Waals surface area contributed by atoms with Crippen molar-refractivity contribution < 1.29 is 4.79 Å². The highest BCUT2D eigenvalue weighted by Crippen LogP contribution is 2.32. The van der Waals surface area contributed by atoms with Gasteiger partial charge in [0.15, 0.2) is 0 Å². The number of nitrogen functional groups attached to an aromatic ring is 1. The molecule has 0 spiro atoms. The molecular weight excluding hydrogens is 289 g/mol. The van der Waals surface area contributed by atoms with Crippen LogP contribution in [0.1, 0.15) is 6.42 Å². The van der Waals surface area contributed by atoms with E-state index in [0.717, 1.165) is 0 Å². The summed E-state index contributed by atoms with van der Waals surface area (Å²) in [7, 11) is 0. The normalized spacial score (nSPS) is 10.4. The van der Waals surface area contributed by atoms with Gasteiger partial charge in [-0.15, -0.1) is 0 Å². The van der Waals surface area contributed by atoms with Gasteiger partial charge in [-0.1, -0.05) is 23.2 Å². The zero-order chi connectivity index (χ0) is 13.8. The van der Waals surface area contributed by atoms with Gasteiger partial charge in [0.25, 0.3) is 0 Å². The van der Waals surface area contributed by atoms with Gasteiger partial charge in [0.1, 0.15) is 12.7 Å². The summed E-state index contributed by atoms with van der Waals surface area (Å²) < 4.78 is 1.56. The first kappa shape index (κ1) is 13.6. The zero-order valence-electron chi connectivity index (χ0n) is 9.81. The van der Waals surface area contributed by atoms with E-state index in [9.17, 15) is 4.79 Å². The third-order valence-corrected chi connectivity index (χ3v) is 2.96. The van der Waals surface area contributed by atoms with Gasteiger partial charge in [0.2, 0.25) is 5.91 Å². The van der Waals surface area contributed by atoms with Crippen molar-refractivity contribution >= 4 is 40.5 Å². The van der Waals surface area contributed by atoms with Gasteiger partial charge in [0, 0.05) is 12.1 Å². The predicted molar refractivity (Wildman–Crippen MR) is 74.1 cm³/mol. The maximum atomic E-state index is 11.8. The Hall–Kier alpha value is -1.79. The SMILES string of the molecule is Nc1cc(Cl)c(NC(=O)CCn2cncn2)c(Cl)c1. The van der Waals surface area contributed by atoms with Crippen LogP contribution in [-0.2, 0) is 11.3 Å². The van der Waals surface area contributed by atoms with Crippen molar-refractivity contribution in [2.45, 2.75) is 13.0 Å². The van der Waals surface area contributed by atoms with Crippen LogP contribution in [0.5, 0.6) is 0 Å². The number of nitrogens with one attached hydrogen (secondary N) is 1. The monoisotopic (exact) mass is 299 g/mol. The van der Waals surface area contributed by atoms with Crippen molar-refractivity contribution in [3.05, 3.63) is 34.8 Å². The molecule has 2 aromatic rings. The van der Waals surface area contributed by atoms with Crippen molar-refractivity contribution in [3.8, 4) is 0 Å². The summed E-state index contributed by atoms with van der Waals surface area (Å²) in [4.78, 5) is 15.6. The number of halogens is 2. The summed E-state index contributed by atoms with van der Waals surface area (Å²) in [5, 5.41) is 7.16. The van der Waals surface area contributed by atoms with Crippen LogP contribution >= 0.6 is 23.2 Å². The molecule has 8 heteroatoms. The first-order chi connectivity index (χ1) is 9.06. The van der Waals surface area contributed by atoms with Crippen LogP contribution in [-0.4, -0.2) is 20.7 Å². The quantitative estimate of drug-likeness (QED) is 0.848. The fourth-order valence-corrected chi connectivity index (χ4v) is 2.08. The van der Waals surface area contributed by atoms with Crippen molar-refractivity contribution in [2.75, 3.05) is 11.1 Å². The molecule has 0 bridgehead atoms. The number of nitrogens with zero attached hydrogens (tertiary/aromatic N) is 3. The van der Waals surface area contributed by atoms with Gasteiger partial charge in [-0.3, -0.25) is 9.48 Å². The van der Waals surface area contributed by atoms with E-state index in [-0.39, 0.29) is 12.3 Å². The molecule has 0 atom stereocenters. The molecule has 6 nitrogen and oxygen atoms in total. The second-order valence-corrected chi connectivity index (χ2v) is 4.63. The molecule has 0 aliphatic carbocycles. The fourth-order valence-electron chi connectivity index (χ4n) is 1.48. The lowest BCUT2D eigenvalue weighted by atomic mass is 10.2. The lowest BCUT2D eigenvalue weighted by Crippen LogP contribution is -2.15. The van der Waals surface area contributed by atoms with E-state index < -0.39 is 0 Å². The molecular formula is C11H11Cl2N5O. The standard InChI is InChI=1S/C11H11Cl2N5O/c12-8-3-7(14)4-9(13)11(8)17-10(19)1-2-18-6-15-5-16-18/h3-6H,1-2,14H2,(H,17,19). The molecule has 0 radical (unpaired) electrons. The molecule has 2 rings (SSSR count). The van der Waals surface area contributed by atoms with Gasteiger partial charge < -0.3 is 11.1 Å². The zero-order valence-corrected chi connectivity index (χ0v) is 11.3. The van der Waals surface area contributed by atoms with Crippen LogP contribution < -0.4 is 11.1 Å². The van der Waals surface area contributed by atoms with E-state index in [1.54, 1.807) is 4.68 Å². The van der Waals surface area contributed by atoms with Crippen molar-refractivity contribution in [3.63, 3.8) is 0 Å². The molecule has 0 aliphatic rings. The Labute approximate surface area is 119 Å². The molecule has 0 unspecified atom stereocenters. The van der Waals surface area contributed by atoms with Gasteiger partial charge in [-0.05, 0) is 12.1 Å². The maximum Gasteiger partial charge on any atom is 0.226 e. The number of rotatable bonds is 4. The van der Waals surface area contributed by atoms with E-state index in [0.29, 0.717) is 28.0 Å².